The Labute approximate surface area is 135 Å². The van der Waals surface area contributed by atoms with Crippen LogP contribution >= 0.6 is 0 Å². The van der Waals surface area contributed by atoms with Crippen molar-refractivity contribution in [2.45, 2.75) is 6.42 Å². The van der Waals surface area contributed by atoms with E-state index in [0.29, 0.717) is 18.8 Å². The number of hydrogen-bond acceptors (Lipinski definition) is 5. The van der Waals surface area contributed by atoms with Gasteiger partial charge in [0.25, 0.3) is 0 Å². The summed E-state index contributed by atoms with van der Waals surface area (Å²) in [5.41, 5.74) is 2.80. The van der Waals surface area contributed by atoms with E-state index in [-0.39, 0.29) is 6.61 Å². The highest BCUT2D eigenvalue weighted by atomic mass is 16.3. The summed E-state index contributed by atoms with van der Waals surface area (Å²) in [6.07, 6.45) is 4.17. The van der Waals surface area contributed by atoms with Gasteiger partial charge in [-0.1, -0.05) is 30.3 Å². The number of benzene rings is 1. The molecule has 0 radical (unpaired) electrons. The summed E-state index contributed by atoms with van der Waals surface area (Å²) in [6, 6.07) is 15.7. The quantitative estimate of drug-likeness (QED) is 0.685. The van der Waals surface area contributed by atoms with Gasteiger partial charge < -0.3 is 10.4 Å². The molecule has 2 N–H and O–H groups in total. The molecule has 0 unspecified atom stereocenters. The third kappa shape index (κ3) is 3.90. The van der Waals surface area contributed by atoms with Crippen LogP contribution in [0.1, 0.15) is 6.42 Å². The lowest BCUT2D eigenvalue weighted by molar-refractivity contribution is 0.292. The van der Waals surface area contributed by atoms with E-state index >= 15 is 0 Å². The summed E-state index contributed by atoms with van der Waals surface area (Å²) in [5, 5.41) is 12.2. The lowest BCUT2D eigenvalue weighted by Crippen LogP contribution is -2.06. The Balaban J connectivity index is 2.00. The van der Waals surface area contributed by atoms with Gasteiger partial charge in [-0.05, 0) is 18.6 Å². The van der Waals surface area contributed by atoms with Crippen LogP contribution in [0.15, 0.2) is 60.9 Å². The van der Waals surface area contributed by atoms with E-state index in [2.05, 4.69) is 20.3 Å². The first-order chi connectivity index (χ1) is 11.4. The molecule has 0 spiro atoms. The molecular weight excluding hydrogens is 288 g/mol. The molecule has 2 heterocycles. The number of aliphatic hydroxyl groups excluding tert-OH is 1. The van der Waals surface area contributed by atoms with Crippen molar-refractivity contribution in [1.29, 1.82) is 0 Å². The van der Waals surface area contributed by atoms with Gasteiger partial charge in [-0.15, -0.1) is 0 Å². The van der Waals surface area contributed by atoms with Gasteiger partial charge >= 0.3 is 0 Å². The number of hydrogen-bond donors (Lipinski definition) is 2. The van der Waals surface area contributed by atoms with E-state index in [1.165, 1.54) is 0 Å². The van der Waals surface area contributed by atoms with E-state index in [9.17, 15) is 0 Å². The molecule has 5 nitrogen and oxygen atoms in total. The fourth-order valence-electron chi connectivity index (χ4n) is 2.22. The summed E-state index contributed by atoms with van der Waals surface area (Å²) in [7, 11) is 0. The maximum atomic E-state index is 8.93. The highest BCUT2D eigenvalue weighted by Gasteiger charge is 2.08. The molecule has 0 amide bonds. The van der Waals surface area contributed by atoms with E-state index in [1.54, 1.807) is 12.4 Å². The first-order valence-corrected chi connectivity index (χ1v) is 7.56. The highest BCUT2D eigenvalue weighted by Crippen LogP contribution is 2.23. The fourth-order valence-corrected chi connectivity index (χ4v) is 2.22. The first-order valence-electron chi connectivity index (χ1n) is 7.56. The fraction of sp³-hybridized carbons (Fsp3) is 0.167. The van der Waals surface area contributed by atoms with Gasteiger partial charge in [0.2, 0.25) is 0 Å². The van der Waals surface area contributed by atoms with Crippen LogP contribution in [0.4, 0.5) is 5.82 Å². The molecule has 116 valence electrons. The van der Waals surface area contributed by atoms with Crippen molar-refractivity contribution in [3.63, 3.8) is 0 Å². The molecule has 0 saturated heterocycles. The number of aromatic nitrogens is 3. The SMILES string of the molecule is OCCCNc1cc(-c2ccncc2)nc(-c2ccccc2)n1. The number of nitrogens with one attached hydrogen (secondary N) is 1. The molecule has 0 aliphatic heterocycles. The Morgan fingerprint density at radius 1 is 0.913 bits per heavy atom. The third-order valence-electron chi connectivity index (χ3n) is 3.38. The summed E-state index contributed by atoms with van der Waals surface area (Å²) in [6.45, 7) is 0.818. The van der Waals surface area contributed by atoms with E-state index < -0.39 is 0 Å². The molecule has 5 heteroatoms. The van der Waals surface area contributed by atoms with Gasteiger partial charge in [-0.3, -0.25) is 4.98 Å². The number of nitrogens with zero attached hydrogens (tertiary/aromatic N) is 3. The molecule has 0 fully saturated rings. The molecule has 3 rings (SSSR count). The van der Waals surface area contributed by atoms with E-state index in [1.807, 2.05) is 48.5 Å². The predicted octanol–water partition coefficient (Wildman–Crippen LogP) is 3.00. The molecule has 2 aromatic heterocycles. The molecule has 0 saturated carbocycles. The maximum Gasteiger partial charge on any atom is 0.162 e. The Morgan fingerprint density at radius 2 is 1.70 bits per heavy atom. The highest BCUT2D eigenvalue weighted by molar-refractivity contribution is 5.67. The van der Waals surface area contributed by atoms with Gasteiger partial charge in [0, 0.05) is 42.7 Å². The van der Waals surface area contributed by atoms with Crippen LogP contribution in [-0.2, 0) is 0 Å². The molecule has 0 bridgehead atoms. The Bertz CT molecular complexity index is 690. The second-order valence-corrected chi connectivity index (χ2v) is 5.07. The van der Waals surface area contributed by atoms with Gasteiger partial charge in [-0.25, -0.2) is 9.97 Å². The van der Waals surface area contributed by atoms with Crippen molar-refractivity contribution in [3.8, 4) is 22.6 Å². The molecule has 23 heavy (non-hydrogen) atoms. The topological polar surface area (TPSA) is 70.9 Å². The summed E-state index contributed by atoms with van der Waals surface area (Å²) >= 11 is 0. The largest absolute Gasteiger partial charge is 0.396 e. The van der Waals surface area contributed by atoms with Crippen LogP contribution in [0.2, 0.25) is 0 Å². The first kappa shape index (κ1) is 15.1. The Hall–Kier alpha value is -2.79. The maximum absolute atomic E-state index is 8.93. The number of pyridine rings is 1. The Kier molecular flexibility index (Phi) is 4.91. The number of aliphatic hydroxyl groups is 1. The smallest absolute Gasteiger partial charge is 0.162 e. The number of rotatable bonds is 6. The third-order valence-corrected chi connectivity index (χ3v) is 3.38. The van der Waals surface area contributed by atoms with Crippen LogP contribution in [0.5, 0.6) is 0 Å². The summed E-state index contributed by atoms with van der Waals surface area (Å²) < 4.78 is 0. The van der Waals surface area contributed by atoms with Gasteiger partial charge in [-0.2, -0.15) is 0 Å². The van der Waals surface area contributed by atoms with Crippen molar-refractivity contribution >= 4 is 5.82 Å². The molecular formula is C18H18N4O. The van der Waals surface area contributed by atoms with Crippen molar-refractivity contribution in [2.75, 3.05) is 18.5 Å². The van der Waals surface area contributed by atoms with Crippen molar-refractivity contribution in [2.24, 2.45) is 0 Å². The minimum absolute atomic E-state index is 0.154. The van der Waals surface area contributed by atoms with E-state index in [0.717, 1.165) is 22.6 Å². The van der Waals surface area contributed by atoms with Crippen LogP contribution in [-0.4, -0.2) is 33.2 Å². The van der Waals surface area contributed by atoms with Gasteiger partial charge in [0.1, 0.15) is 5.82 Å². The zero-order valence-electron chi connectivity index (χ0n) is 12.7. The number of anilines is 1. The van der Waals surface area contributed by atoms with Crippen molar-refractivity contribution in [1.82, 2.24) is 15.0 Å². The molecule has 0 aliphatic rings. The van der Waals surface area contributed by atoms with Gasteiger partial charge in [0.05, 0.1) is 5.69 Å². The summed E-state index contributed by atoms with van der Waals surface area (Å²) in [5.74, 6) is 1.42. The minimum Gasteiger partial charge on any atom is -0.396 e. The second kappa shape index (κ2) is 7.47. The monoisotopic (exact) mass is 306 g/mol. The second-order valence-electron chi connectivity index (χ2n) is 5.07. The predicted molar refractivity (Wildman–Crippen MR) is 90.9 cm³/mol. The molecule has 0 atom stereocenters. The van der Waals surface area contributed by atoms with Crippen LogP contribution in [0.25, 0.3) is 22.6 Å². The normalized spacial score (nSPS) is 10.5. The lowest BCUT2D eigenvalue weighted by Gasteiger charge is -2.10. The van der Waals surface area contributed by atoms with Crippen molar-refractivity contribution < 1.29 is 5.11 Å². The van der Waals surface area contributed by atoms with E-state index in [4.69, 9.17) is 5.11 Å². The van der Waals surface area contributed by atoms with Crippen LogP contribution in [0.3, 0.4) is 0 Å². The lowest BCUT2D eigenvalue weighted by atomic mass is 10.1. The van der Waals surface area contributed by atoms with Crippen LogP contribution < -0.4 is 5.32 Å². The standard InChI is InChI=1S/C18H18N4O/c23-12-4-9-20-17-13-16(14-7-10-19-11-8-14)21-18(22-17)15-5-2-1-3-6-15/h1-3,5-8,10-11,13,23H,4,9,12H2,(H,20,21,22). The molecule has 1 aromatic carbocycles. The van der Waals surface area contributed by atoms with Crippen LogP contribution in [0, 0.1) is 0 Å². The average Bonchev–Trinajstić information content (AvgIpc) is 2.63. The average molecular weight is 306 g/mol. The molecule has 3 aromatic rings. The summed E-state index contributed by atoms with van der Waals surface area (Å²) in [4.78, 5) is 13.3. The Morgan fingerprint density at radius 3 is 2.43 bits per heavy atom. The minimum atomic E-state index is 0.154. The van der Waals surface area contributed by atoms with Gasteiger partial charge in [0.15, 0.2) is 5.82 Å². The van der Waals surface area contributed by atoms with Crippen molar-refractivity contribution in [3.05, 3.63) is 60.9 Å². The molecule has 0 aliphatic carbocycles. The zero-order chi connectivity index (χ0) is 15.9. The zero-order valence-corrected chi connectivity index (χ0v) is 12.7.